The van der Waals surface area contributed by atoms with Crippen molar-refractivity contribution in [3.05, 3.63) is 0 Å². The fourth-order valence-corrected chi connectivity index (χ4v) is 0. The molecule has 0 aliphatic carbocycles. The Labute approximate surface area is 128 Å². The van der Waals surface area contributed by atoms with Gasteiger partial charge in [0.2, 0.25) is 0 Å². The molecule has 6 N–H and O–H groups in total. The molecule has 0 aliphatic heterocycles. The van der Waals surface area contributed by atoms with Gasteiger partial charge in [-0.25, -0.2) is 0 Å². The number of hydrogen-bond donors (Lipinski definition) is 6. The Morgan fingerprint density at radius 1 is 0.368 bits per heavy atom. The van der Waals surface area contributed by atoms with E-state index >= 15 is 0 Å². The minimum Gasteiger partial charge on any atom is -0.483 e. The normalized spacial score (nSPS) is 3.79. The van der Waals surface area contributed by atoms with E-state index in [9.17, 15) is 0 Å². The van der Waals surface area contributed by atoms with Crippen molar-refractivity contribution >= 4 is 68.4 Å². The van der Waals surface area contributed by atoms with Crippen LogP contribution in [0.15, 0.2) is 0 Å². The SMILES string of the molecule is O=CO.O=CO.O=CO.O=CO.O=CO.O=CO.[Na]. The molecule has 0 aromatic rings. The van der Waals surface area contributed by atoms with E-state index in [2.05, 4.69) is 0 Å². The van der Waals surface area contributed by atoms with Gasteiger partial charge >= 0.3 is 0 Å². The maximum absolute atomic E-state index is 8.36. The number of carbonyl (C=O) groups is 6. The number of carboxylic acid groups (broad SMARTS) is 6. The average Bonchev–Trinajstić information content (AvgIpc) is 2.23. The van der Waals surface area contributed by atoms with Gasteiger partial charge in [0.25, 0.3) is 38.8 Å². The van der Waals surface area contributed by atoms with E-state index < -0.39 is 0 Å². The molecule has 0 fully saturated rings. The van der Waals surface area contributed by atoms with E-state index in [1.807, 2.05) is 0 Å². The van der Waals surface area contributed by atoms with E-state index in [0.29, 0.717) is 0 Å². The first-order valence-corrected chi connectivity index (χ1v) is 2.96. The first kappa shape index (κ1) is 43.7. The Bertz CT molecular complexity index is 114. The van der Waals surface area contributed by atoms with Gasteiger partial charge in [0, 0.05) is 29.6 Å². The summed E-state index contributed by atoms with van der Waals surface area (Å²) < 4.78 is 0. The molecule has 0 saturated heterocycles. The van der Waals surface area contributed by atoms with E-state index in [0.717, 1.165) is 0 Å². The van der Waals surface area contributed by atoms with Crippen molar-refractivity contribution in [3.63, 3.8) is 0 Å². The molecule has 0 rings (SSSR count). The van der Waals surface area contributed by atoms with Crippen molar-refractivity contribution in [1.82, 2.24) is 0 Å². The van der Waals surface area contributed by atoms with Crippen LogP contribution in [0.1, 0.15) is 0 Å². The fraction of sp³-hybridized carbons (Fsp3) is 0. The Balaban J connectivity index is -0.0000000180. The van der Waals surface area contributed by atoms with Gasteiger partial charge in [-0.2, -0.15) is 0 Å². The van der Waals surface area contributed by atoms with Crippen LogP contribution in [0.4, 0.5) is 0 Å². The summed E-state index contributed by atoms with van der Waals surface area (Å²) in [5, 5.41) is 41.3. The molecule has 109 valence electrons. The van der Waals surface area contributed by atoms with Crippen molar-refractivity contribution in [2.24, 2.45) is 0 Å². The summed E-state index contributed by atoms with van der Waals surface area (Å²) in [4.78, 5) is 50.2. The molecule has 0 amide bonds. The standard InChI is InChI=1S/6CH2O2.Na/c6*2-1-3;/h6*1H,(H,2,3);. The maximum Gasteiger partial charge on any atom is 0.290 e. The molecule has 0 atom stereocenters. The zero-order valence-corrected chi connectivity index (χ0v) is 11.6. The van der Waals surface area contributed by atoms with Crippen molar-refractivity contribution in [2.45, 2.75) is 0 Å². The van der Waals surface area contributed by atoms with Crippen LogP contribution in [0.5, 0.6) is 0 Å². The Kier molecular flexibility index (Phi) is 547. The van der Waals surface area contributed by atoms with E-state index in [4.69, 9.17) is 59.4 Å². The van der Waals surface area contributed by atoms with E-state index in [-0.39, 0.29) is 68.4 Å². The summed E-state index contributed by atoms with van der Waals surface area (Å²) in [7, 11) is 0. The molecule has 19 heavy (non-hydrogen) atoms. The van der Waals surface area contributed by atoms with Gasteiger partial charge in [0.05, 0.1) is 0 Å². The predicted octanol–water partition coefficient (Wildman–Crippen LogP) is -2.18. The van der Waals surface area contributed by atoms with Gasteiger partial charge in [-0.1, -0.05) is 0 Å². The molecule has 0 heterocycles. The van der Waals surface area contributed by atoms with Gasteiger partial charge in [-0.15, -0.1) is 0 Å². The molecular formula is C6H12NaO12. The predicted molar refractivity (Wildman–Crippen MR) is 57.9 cm³/mol. The minimum absolute atomic E-state index is 0. The molecule has 0 bridgehead atoms. The molecule has 1 radical (unpaired) electrons. The van der Waals surface area contributed by atoms with Crippen molar-refractivity contribution < 1.29 is 59.4 Å². The molecular weight excluding hydrogens is 287 g/mol. The zero-order valence-electron chi connectivity index (χ0n) is 9.60. The maximum atomic E-state index is 8.36. The smallest absolute Gasteiger partial charge is 0.290 e. The van der Waals surface area contributed by atoms with Crippen LogP contribution in [0, 0.1) is 0 Å². The topological polar surface area (TPSA) is 224 Å². The minimum atomic E-state index is -0.250. The fourth-order valence-electron chi connectivity index (χ4n) is 0. The van der Waals surface area contributed by atoms with Gasteiger partial charge < -0.3 is 30.6 Å². The summed E-state index contributed by atoms with van der Waals surface area (Å²) >= 11 is 0. The van der Waals surface area contributed by atoms with Crippen molar-refractivity contribution in [2.75, 3.05) is 0 Å². The van der Waals surface area contributed by atoms with Gasteiger partial charge in [-0.3, -0.25) is 28.8 Å². The van der Waals surface area contributed by atoms with E-state index in [1.54, 1.807) is 0 Å². The number of hydrogen-bond acceptors (Lipinski definition) is 6. The second-order valence-corrected chi connectivity index (χ2v) is 0.632. The monoisotopic (exact) mass is 299 g/mol. The van der Waals surface area contributed by atoms with E-state index in [1.165, 1.54) is 0 Å². The summed E-state index contributed by atoms with van der Waals surface area (Å²) in [6.07, 6.45) is 0. The first-order valence-electron chi connectivity index (χ1n) is 2.96. The van der Waals surface area contributed by atoms with Crippen molar-refractivity contribution in [1.29, 1.82) is 0 Å². The van der Waals surface area contributed by atoms with Crippen molar-refractivity contribution in [3.8, 4) is 0 Å². The second-order valence-electron chi connectivity index (χ2n) is 0.632. The Morgan fingerprint density at radius 3 is 0.368 bits per heavy atom. The van der Waals surface area contributed by atoms with Crippen LogP contribution in [-0.2, 0) is 28.8 Å². The van der Waals surface area contributed by atoms with Gasteiger partial charge in [0.1, 0.15) is 0 Å². The molecule has 0 spiro atoms. The molecule has 0 aliphatic rings. The average molecular weight is 299 g/mol. The number of rotatable bonds is 0. The second kappa shape index (κ2) is 238. The van der Waals surface area contributed by atoms with Crippen LogP contribution < -0.4 is 0 Å². The molecule has 13 heteroatoms. The van der Waals surface area contributed by atoms with Crippen LogP contribution in [0.2, 0.25) is 0 Å². The van der Waals surface area contributed by atoms with Crippen LogP contribution in [0.3, 0.4) is 0 Å². The van der Waals surface area contributed by atoms with Gasteiger partial charge in [-0.05, 0) is 0 Å². The molecule has 0 aromatic carbocycles. The third kappa shape index (κ3) is 636. The molecule has 0 aromatic heterocycles. The van der Waals surface area contributed by atoms with Crippen LogP contribution >= 0.6 is 0 Å². The Morgan fingerprint density at radius 2 is 0.368 bits per heavy atom. The van der Waals surface area contributed by atoms with Crippen LogP contribution in [0.25, 0.3) is 0 Å². The molecule has 0 saturated carbocycles. The largest absolute Gasteiger partial charge is 0.483 e. The summed E-state index contributed by atoms with van der Waals surface area (Å²) in [5.74, 6) is 0. The quantitative estimate of drug-likeness (QED) is 0.207. The Hall–Kier alpha value is -2.18. The third-order valence-corrected chi connectivity index (χ3v) is 0. The molecule has 0 unspecified atom stereocenters. The molecule has 12 nitrogen and oxygen atoms in total. The summed E-state index contributed by atoms with van der Waals surface area (Å²) in [6, 6.07) is 0. The van der Waals surface area contributed by atoms with Crippen LogP contribution in [-0.4, -0.2) is 99.0 Å². The van der Waals surface area contributed by atoms with Gasteiger partial charge in [0.15, 0.2) is 0 Å². The third-order valence-electron chi connectivity index (χ3n) is 0. The summed E-state index contributed by atoms with van der Waals surface area (Å²) in [5.41, 5.74) is 0. The summed E-state index contributed by atoms with van der Waals surface area (Å²) in [6.45, 7) is -1.50. The zero-order chi connectivity index (χ0) is 16.2. The first-order chi connectivity index (χ1) is 8.49.